The molecule has 0 bridgehead atoms. The number of fused-ring (bicyclic) bond motifs is 6. The van der Waals surface area contributed by atoms with E-state index in [9.17, 15) is 0 Å². The Balaban J connectivity index is 1.07. The van der Waals surface area contributed by atoms with Gasteiger partial charge in [0, 0.05) is 0 Å². The van der Waals surface area contributed by atoms with Gasteiger partial charge in [0.2, 0.25) is 0 Å². The van der Waals surface area contributed by atoms with Gasteiger partial charge >= 0.3 is 0 Å². The predicted molar refractivity (Wildman–Crippen MR) is 286 cm³/mol. The van der Waals surface area contributed by atoms with Crippen LogP contribution in [0.15, 0.2) is 200 Å². The molecule has 0 aliphatic heterocycles. The highest BCUT2D eigenvalue weighted by molar-refractivity contribution is 6.37. The quantitative estimate of drug-likeness (QED) is 0.123. The maximum atomic E-state index is 18.7. The van der Waals surface area contributed by atoms with Crippen LogP contribution < -0.4 is 0 Å². The van der Waals surface area contributed by atoms with Crippen molar-refractivity contribution >= 4 is 129 Å². The van der Waals surface area contributed by atoms with Crippen LogP contribution in [-0.4, -0.2) is 0 Å². The Labute approximate surface area is 391 Å². The lowest BCUT2D eigenvalue weighted by Crippen LogP contribution is -2.04. The zero-order valence-electron chi connectivity index (χ0n) is 36.7. The van der Waals surface area contributed by atoms with Crippen LogP contribution in [0.5, 0.6) is 0 Å². The van der Waals surface area contributed by atoms with E-state index in [4.69, 9.17) is 0 Å². The average Bonchev–Trinajstić information content (AvgIpc) is 3.39. The molecule has 16 rings (SSSR count). The summed E-state index contributed by atoms with van der Waals surface area (Å²) >= 11 is 0. The van der Waals surface area contributed by atoms with Crippen molar-refractivity contribution in [2.24, 2.45) is 0 Å². The second-order valence-corrected chi connectivity index (χ2v) is 18.9. The molecular formula is C66H33F3. The van der Waals surface area contributed by atoms with Gasteiger partial charge in [0.15, 0.2) is 0 Å². The Morgan fingerprint density at radius 3 is 0.609 bits per heavy atom. The van der Waals surface area contributed by atoms with Crippen LogP contribution in [0.3, 0.4) is 0 Å². The van der Waals surface area contributed by atoms with E-state index in [1.165, 1.54) is 0 Å². The van der Waals surface area contributed by atoms with Crippen LogP contribution >= 0.6 is 0 Å². The minimum atomic E-state index is -0.935. The second-order valence-electron chi connectivity index (χ2n) is 18.9. The summed E-state index contributed by atoms with van der Waals surface area (Å²) in [7, 11) is 0. The molecule has 0 atom stereocenters. The molecule has 0 N–H and O–H groups in total. The number of benzene rings is 16. The maximum absolute atomic E-state index is 18.7. The summed E-state index contributed by atoms with van der Waals surface area (Å²) in [6.45, 7) is 0. The summed E-state index contributed by atoms with van der Waals surface area (Å²) < 4.78 is 56.0. The Morgan fingerprint density at radius 1 is 0.174 bits per heavy atom. The molecule has 0 fully saturated rings. The minimum absolute atomic E-state index is 0.256. The lowest BCUT2D eigenvalue weighted by Gasteiger charge is -2.22. The molecule has 0 amide bonds. The first-order valence-electron chi connectivity index (χ1n) is 23.5. The SMILES string of the molecule is Fc1c(-c2ccc3c4cccc5cccc(c6cccc2c63)c54)c(F)c(-c2ccc3c4cccc5cccc(c6cccc2c63)c54)c(F)c1-c1ccc2c3cccc4cccc(c5cccc1c52)c43. The molecule has 69 heavy (non-hydrogen) atoms. The minimum Gasteiger partial charge on any atom is -0.205 e. The molecule has 318 valence electrons. The zero-order valence-corrected chi connectivity index (χ0v) is 36.7. The van der Waals surface area contributed by atoms with Gasteiger partial charge in [-0.25, -0.2) is 13.2 Å². The van der Waals surface area contributed by atoms with Gasteiger partial charge < -0.3 is 0 Å². The largest absolute Gasteiger partial charge is 0.205 e. The molecule has 0 aliphatic carbocycles. The number of rotatable bonds is 3. The first-order valence-corrected chi connectivity index (χ1v) is 23.5. The van der Waals surface area contributed by atoms with Gasteiger partial charge in [-0.1, -0.05) is 200 Å². The van der Waals surface area contributed by atoms with Gasteiger partial charge in [-0.3, -0.25) is 0 Å². The summed E-state index contributed by atoms with van der Waals surface area (Å²) in [5.74, 6) is -2.81. The summed E-state index contributed by atoms with van der Waals surface area (Å²) in [5, 5.41) is 24.1. The zero-order chi connectivity index (χ0) is 45.4. The van der Waals surface area contributed by atoms with E-state index in [1.54, 1.807) is 0 Å². The summed E-state index contributed by atoms with van der Waals surface area (Å²) in [4.78, 5) is 0. The fraction of sp³-hybridized carbons (Fsp3) is 0. The third-order valence-corrected chi connectivity index (χ3v) is 15.7. The molecule has 3 heteroatoms. The monoisotopic (exact) mass is 882 g/mol. The highest BCUT2D eigenvalue weighted by Crippen LogP contribution is 2.52. The Bertz CT molecular complexity index is 4260. The van der Waals surface area contributed by atoms with Gasteiger partial charge in [-0.05, 0) is 146 Å². The van der Waals surface area contributed by atoms with E-state index in [1.807, 2.05) is 72.8 Å². The predicted octanol–water partition coefficient (Wildman–Crippen LogP) is 19.3. The van der Waals surface area contributed by atoms with Crippen LogP contribution in [0, 0.1) is 17.5 Å². The first kappa shape index (κ1) is 37.3. The van der Waals surface area contributed by atoms with Crippen molar-refractivity contribution < 1.29 is 13.2 Å². The van der Waals surface area contributed by atoms with Crippen molar-refractivity contribution in [3.05, 3.63) is 218 Å². The van der Waals surface area contributed by atoms with Crippen molar-refractivity contribution in [1.82, 2.24) is 0 Å². The molecule has 0 unspecified atom stereocenters. The standard InChI is InChI=1S/C66H33F3/c67-64-61(52-31-28-49-40-19-4-13-34-10-1-16-37(55(34)40)43-22-7-25-46(52)58(43)49)65(68)63(54-33-30-51-42-21-6-15-36-12-3-18-39(57(36)42)45-24-9-27-48(54)60(45)51)66(69)62(64)53-32-29-50-41-20-5-14-35-11-2-17-38(56(35)41)44-23-8-26-47(53)59(44)50/h1-33H. The van der Waals surface area contributed by atoms with Gasteiger partial charge in [-0.15, -0.1) is 0 Å². The van der Waals surface area contributed by atoms with Gasteiger partial charge in [-0.2, -0.15) is 0 Å². The molecule has 16 aromatic carbocycles. The van der Waals surface area contributed by atoms with Crippen LogP contribution in [-0.2, 0) is 0 Å². The molecular weight excluding hydrogens is 850 g/mol. The highest BCUT2D eigenvalue weighted by Gasteiger charge is 2.32. The van der Waals surface area contributed by atoms with Crippen LogP contribution in [0.4, 0.5) is 13.2 Å². The highest BCUT2D eigenvalue weighted by atomic mass is 19.1. The van der Waals surface area contributed by atoms with Crippen molar-refractivity contribution in [3.63, 3.8) is 0 Å². The molecule has 0 saturated heterocycles. The van der Waals surface area contributed by atoms with Crippen LogP contribution in [0.25, 0.3) is 163 Å². The summed E-state index contributed by atoms with van der Waals surface area (Å²) in [6.07, 6.45) is 0. The molecule has 0 radical (unpaired) electrons. The normalized spacial score (nSPS) is 12.6. The van der Waals surface area contributed by atoms with Crippen LogP contribution in [0.2, 0.25) is 0 Å². The Kier molecular flexibility index (Phi) is 7.15. The third kappa shape index (κ3) is 4.65. The van der Waals surface area contributed by atoms with Crippen molar-refractivity contribution in [3.8, 4) is 33.4 Å². The fourth-order valence-electron chi connectivity index (χ4n) is 13.0. The Hall–Kier alpha value is -8.79. The number of hydrogen-bond acceptors (Lipinski definition) is 0. The van der Waals surface area contributed by atoms with Gasteiger partial charge in [0.25, 0.3) is 0 Å². The van der Waals surface area contributed by atoms with E-state index in [0.29, 0.717) is 32.8 Å². The van der Waals surface area contributed by atoms with Crippen molar-refractivity contribution in [1.29, 1.82) is 0 Å². The van der Waals surface area contributed by atoms with E-state index >= 15 is 13.2 Å². The smallest absolute Gasteiger partial charge is 0.144 e. The molecule has 0 spiro atoms. The molecule has 0 aliphatic rings. The second kappa shape index (κ2) is 13.2. The lowest BCUT2D eigenvalue weighted by molar-refractivity contribution is 0.557. The molecule has 0 heterocycles. The van der Waals surface area contributed by atoms with E-state index in [-0.39, 0.29) is 16.7 Å². The molecule has 0 nitrogen and oxygen atoms in total. The van der Waals surface area contributed by atoms with E-state index < -0.39 is 17.5 Å². The molecule has 0 aromatic heterocycles. The van der Waals surface area contributed by atoms with Gasteiger partial charge in [0.05, 0.1) is 16.7 Å². The number of hydrogen-bond donors (Lipinski definition) is 0. The van der Waals surface area contributed by atoms with E-state index in [0.717, 1.165) is 113 Å². The van der Waals surface area contributed by atoms with Crippen molar-refractivity contribution in [2.45, 2.75) is 0 Å². The summed E-state index contributed by atoms with van der Waals surface area (Å²) in [5.41, 5.74) is 0.332. The summed E-state index contributed by atoms with van der Waals surface area (Å²) in [6, 6.07) is 67.4. The average molecular weight is 883 g/mol. The molecule has 0 saturated carbocycles. The topological polar surface area (TPSA) is 0 Å². The third-order valence-electron chi connectivity index (χ3n) is 15.7. The van der Waals surface area contributed by atoms with Crippen molar-refractivity contribution in [2.75, 3.05) is 0 Å². The van der Waals surface area contributed by atoms with Crippen LogP contribution in [0.1, 0.15) is 0 Å². The van der Waals surface area contributed by atoms with Gasteiger partial charge in [0.1, 0.15) is 17.5 Å². The lowest BCUT2D eigenvalue weighted by atomic mass is 9.82. The first-order chi connectivity index (χ1) is 34.0. The Morgan fingerprint density at radius 2 is 0.362 bits per heavy atom. The number of halogens is 3. The van der Waals surface area contributed by atoms with E-state index in [2.05, 4.69) is 127 Å². The maximum Gasteiger partial charge on any atom is 0.144 e. The fourth-order valence-corrected chi connectivity index (χ4v) is 13.0. The molecule has 16 aromatic rings.